The van der Waals surface area contributed by atoms with Gasteiger partial charge in [-0.15, -0.1) is 0 Å². The van der Waals surface area contributed by atoms with Crippen LogP contribution in [0.15, 0.2) is 24.5 Å². The number of hydrogen-bond donors (Lipinski definition) is 1. The minimum absolute atomic E-state index is 0.0159. The molecule has 2 aromatic rings. The molecule has 0 fully saturated rings. The van der Waals surface area contributed by atoms with Crippen molar-refractivity contribution in [2.75, 3.05) is 0 Å². The summed E-state index contributed by atoms with van der Waals surface area (Å²) in [6.07, 6.45) is 6.42. The van der Waals surface area contributed by atoms with E-state index in [0.717, 1.165) is 24.1 Å². The topological polar surface area (TPSA) is 38.0 Å². The molecular formula is C14H15ClN2O. The first kappa shape index (κ1) is 11.8. The third-order valence-electron chi connectivity index (χ3n) is 3.48. The predicted octanol–water partition coefficient (Wildman–Crippen LogP) is 2.90. The van der Waals surface area contributed by atoms with Crippen LogP contribution in [0, 0.1) is 0 Å². The van der Waals surface area contributed by atoms with E-state index in [2.05, 4.69) is 9.55 Å². The number of imidazole rings is 1. The lowest BCUT2D eigenvalue weighted by Crippen LogP contribution is -2.07. The van der Waals surface area contributed by atoms with Gasteiger partial charge in [0.2, 0.25) is 0 Å². The van der Waals surface area contributed by atoms with Gasteiger partial charge in [-0.25, -0.2) is 4.98 Å². The van der Waals surface area contributed by atoms with E-state index in [1.54, 1.807) is 0 Å². The second kappa shape index (κ2) is 4.75. The van der Waals surface area contributed by atoms with Gasteiger partial charge < -0.3 is 9.67 Å². The quantitative estimate of drug-likeness (QED) is 0.904. The van der Waals surface area contributed by atoms with Crippen molar-refractivity contribution < 1.29 is 5.11 Å². The number of aliphatic hydroxyl groups excluding tert-OH is 1. The predicted molar refractivity (Wildman–Crippen MR) is 71.1 cm³/mol. The van der Waals surface area contributed by atoms with Crippen LogP contribution in [0.25, 0.3) is 5.69 Å². The molecule has 3 rings (SSSR count). The van der Waals surface area contributed by atoms with Crippen LogP contribution < -0.4 is 0 Å². The monoisotopic (exact) mass is 262 g/mol. The number of aryl methyl sites for hydroxylation is 1. The fourth-order valence-electron chi connectivity index (χ4n) is 2.52. The Labute approximate surface area is 111 Å². The normalized spacial score (nSPS) is 14.6. The summed E-state index contributed by atoms with van der Waals surface area (Å²) in [7, 11) is 0. The molecule has 0 bridgehead atoms. The lowest BCUT2D eigenvalue weighted by Gasteiger charge is -2.15. The van der Waals surface area contributed by atoms with Crippen LogP contribution in [0.2, 0.25) is 5.02 Å². The molecular weight excluding hydrogens is 248 g/mol. The van der Waals surface area contributed by atoms with Gasteiger partial charge in [0.15, 0.2) is 0 Å². The average molecular weight is 263 g/mol. The Balaban J connectivity index is 2.07. The summed E-state index contributed by atoms with van der Waals surface area (Å²) < 4.78 is 2.08. The number of halogens is 1. The summed E-state index contributed by atoms with van der Waals surface area (Å²) >= 11 is 6.28. The van der Waals surface area contributed by atoms with Crippen LogP contribution >= 0.6 is 11.6 Å². The molecule has 94 valence electrons. The highest BCUT2D eigenvalue weighted by atomic mass is 35.5. The van der Waals surface area contributed by atoms with Gasteiger partial charge in [-0.05, 0) is 43.4 Å². The SMILES string of the molecule is OCc1ccc(-n2cnc3c2CCCC3)c(Cl)c1. The number of nitrogens with zero attached hydrogens (tertiary/aromatic N) is 2. The molecule has 0 atom stereocenters. The van der Waals surface area contributed by atoms with Crippen LogP contribution in [0.5, 0.6) is 0 Å². The van der Waals surface area contributed by atoms with E-state index in [4.69, 9.17) is 16.7 Å². The largest absolute Gasteiger partial charge is 0.392 e. The van der Waals surface area contributed by atoms with Crippen LogP contribution in [0.3, 0.4) is 0 Å². The zero-order valence-electron chi connectivity index (χ0n) is 10.1. The van der Waals surface area contributed by atoms with E-state index in [1.165, 1.54) is 24.2 Å². The Morgan fingerprint density at radius 3 is 2.89 bits per heavy atom. The van der Waals surface area contributed by atoms with Crippen molar-refractivity contribution >= 4 is 11.6 Å². The van der Waals surface area contributed by atoms with E-state index in [0.29, 0.717) is 5.02 Å². The molecule has 0 saturated carbocycles. The van der Waals surface area contributed by atoms with E-state index in [1.807, 2.05) is 24.5 Å². The fourth-order valence-corrected chi connectivity index (χ4v) is 2.82. The highest BCUT2D eigenvalue weighted by molar-refractivity contribution is 6.32. The first-order chi connectivity index (χ1) is 8.79. The first-order valence-corrected chi connectivity index (χ1v) is 6.62. The van der Waals surface area contributed by atoms with Crippen LogP contribution in [0.4, 0.5) is 0 Å². The summed E-state index contributed by atoms with van der Waals surface area (Å²) in [6, 6.07) is 5.66. The van der Waals surface area contributed by atoms with Gasteiger partial charge in [-0.1, -0.05) is 17.7 Å². The van der Waals surface area contributed by atoms with Gasteiger partial charge >= 0.3 is 0 Å². The van der Waals surface area contributed by atoms with Crippen molar-refractivity contribution in [2.45, 2.75) is 32.3 Å². The third kappa shape index (κ3) is 1.93. The summed E-state index contributed by atoms with van der Waals surface area (Å²) in [5.74, 6) is 0. The van der Waals surface area contributed by atoms with Crippen molar-refractivity contribution in [1.29, 1.82) is 0 Å². The summed E-state index contributed by atoms with van der Waals surface area (Å²) in [5.41, 5.74) is 4.26. The maximum atomic E-state index is 9.10. The molecule has 1 aromatic carbocycles. The zero-order valence-corrected chi connectivity index (χ0v) is 10.8. The van der Waals surface area contributed by atoms with Gasteiger partial charge in [-0.2, -0.15) is 0 Å². The lowest BCUT2D eigenvalue weighted by molar-refractivity contribution is 0.282. The number of hydrogen-bond acceptors (Lipinski definition) is 2. The van der Waals surface area contributed by atoms with Crippen molar-refractivity contribution in [3.05, 3.63) is 46.5 Å². The second-order valence-electron chi connectivity index (χ2n) is 4.66. The minimum Gasteiger partial charge on any atom is -0.392 e. The third-order valence-corrected chi connectivity index (χ3v) is 3.79. The van der Waals surface area contributed by atoms with Crippen molar-refractivity contribution in [3.8, 4) is 5.69 Å². The van der Waals surface area contributed by atoms with Gasteiger partial charge in [0.25, 0.3) is 0 Å². The average Bonchev–Trinajstić information content (AvgIpc) is 2.82. The molecule has 0 unspecified atom stereocenters. The van der Waals surface area contributed by atoms with E-state index >= 15 is 0 Å². The maximum Gasteiger partial charge on any atom is 0.0998 e. The van der Waals surface area contributed by atoms with Crippen LogP contribution in [0.1, 0.15) is 29.8 Å². The van der Waals surface area contributed by atoms with Gasteiger partial charge in [0.1, 0.15) is 0 Å². The molecule has 4 heteroatoms. The molecule has 1 aliphatic rings. The van der Waals surface area contributed by atoms with Gasteiger partial charge in [0.05, 0.1) is 29.3 Å². The zero-order chi connectivity index (χ0) is 12.5. The summed E-state index contributed by atoms with van der Waals surface area (Å²) in [4.78, 5) is 4.47. The molecule has 0 aliphatic heterocycles. The number of benzene rings is 1. The molecule has 0 spiro atoms. The Morgan fingerprint density at radius 1 is 1.28 bits per heavy atom. The van der Waals surface area contributed by atoms with Crippen LogP contribution in [-0.2, 0) is 19.4 Å². The standard InChI is InChI=1S/C14H15ClN2O/c15-11-7-10(8-18)5-6-13(11)17-9-16-12-3-1-2-4-14(12)17/h5-7,9,18H,1-4,8H2. The number of aliphatic hydroxyl groups is 1. The summed E-state index contributed by atoms with van der Waals surface area (Å²) in [5, 5.41) is 9.76. The number of fused-ring (bicyclic) bond motifs is 1. The molecule has 0 saturated heterocycles. The molecule has 1 heterocycles. The molecule has 1 N–H and O–H groups in total. The van der Waals surface area contributed by atoms with Crippen molar-refractivity contribution in [2.24, 2.45) is 0 Å². The highest BCUT2D eigenvalue weighted by Crippen LogP contribution is 2.27. The van der Waals surface area contributed by atoms with Gasteiger partial charge in [0, 0.05) is 5.69 Å². The van der Waals surface area contributed by atoms with E-state index in [-0.39, 0.29) is 6.61 Å². The van der Waals surface area contributed by atoms with Gasteiger partial charge in [-0.3, -0.25) is 0 Å². The Bertz CT molecular complexity index is 577. The Hall–Kier alpha value is -1.32. The molecule has 0 amide bonds. The fraction of sp³-hybridized carbons (Fsp3) is 0.357. The number of aromatic nitrogens is 2. The Kier molecular flexibility index (Phi) is 3.10. The number of rotatable bonds is 2. The molecule has 18 heavy (non-hydrogen) atoms. The molecule has 0 radical (unpaired) electrons. The molecule has 1 aromatic heterocycles. The first-order valence-electron chi connectivity index (χ1n) is 6.24. The maximum absolute atomic E-state index is 9.10. The molecule has 1 aliphatic carbocycles. The second-order valence-corrected chi connectivity index (χ2v) is 5.07. The lowest BCUT2D eigenvalue weighted by atomic mass is 10.0. The highest BCUT2D eigenvalue weighted by Gasteiger charge is 2.17. The Morgan fingerprint density at radius 2 is 2.11 bits per heavy atom. The summed E-state index contributed by atoms with van der Waals surface area (Å²) in [6.45, 7) is 0.0159. The van der Waals surface area contributed by atoms with E-state index < -0.39 is 0 Å². The minimum atomic E-state index is 0.0159. The van der Waals surface area contributed by atoms with Crippen molar-refractivity contribution in [3.63, 3.8) is 0 Å². The molecule has 3 nitrogen and oxygen atoms in total. The smallest absolute Gasteiger partial charge is 0.0998 e. The van der Waals surface area contributed by atoms with Crippen molar-refractivity contribution in [1.82, 2.24) is 9.55 Å². The van der Waals surface area contributed by atoms with Crippen LogP contribution in [-0.4, -0.2) is 14.7 Å². The van der Waals surface area contributed by atoms with E-state index in [9.17, 15) is 0 Å².